The summed E-state index contributed by atoms with van der Waals surface area (Å²) < 4.78 is 6.40. The van der Waals surface area contributed by atoms with E-state index in [1.807, 2.05) is 37.3 Å². The van der Waals surface area contributed by atoms with E-state index in [-0.39, 0.29) is 17.9 Å². The van der Waals surface area contributed by atoms with Gasteiger partial charge in [0, 0.05) is 19.1 Å². The first kappa shape index (κ1) is 31.0. The molecule has 1 fully saturated rings. The summed E-state index contributed by atoms with van der Waals surface area (Å²) in [7, 11) is 0. The Kier molecular flexibility index (Phi) is 10.8. The van der Waals surface area contributed by atoms with Crippen LogP contribution in [-0.4, -0.2) is 28.1 Å². The van der Waals surface area contributed by atoms with Gasteiger partial charge >= 0.3 is 5.97 Å². The van der Waals surface area contributed by atoms with E-state index in [4.69, 9.17) is 4.74 Å². The van der Waals surface area contributed by atoms with Gasteiger partial charge in [0.15, 0.2) is 0 Å². The molecule has 1 N–H and O–H groups in total. The molecule has 0 unspecified atom stereocenters. The molecule has 0 amide bonds. The molecule has 41 heavy (non-hydrogen) atoms. The second-order valence-corrected chi connectivity index (χ2v) is 12.4. The predicted molar refractivity (Wildman–Crippen MR) is 168 cm³/mol. The van der Waals surface area contributed by atoms with Gasteiger partial charge in [0.1, 0.15) is 6.10 Å². The number of hydrogen-bond acceptors (Lipinski definition) is 4. The third-order valence-electron chi connectivity index (χ3n) is 9.24. The minimum absolute atomic E-state index is 0.111. The summed E-state index contributed by atoms with van der Waals surface area (Å²) in [6, 6.07) is 23.0. The summed E-state index contributed by atoms with van der Waals surface area (Å²) in [4.78, 5) is 16.1. The van der Waals surface area contributed by atoms with Crippen molar-refractivity contribution >= 4 is 5.97 Å². The largest absolute Gasteiger partial charge is 0.456 e. The van der Waals surface area contributed by atoms with Crippen LogP contribution in [0.1, 0.15) is 91.0 Å². The summed E-state index contributed by atoms with van der Waals surface area (Å²) >= 11 is 0. The van der Waals surface area contributed by atoms with Gasteiger partial charge in [-0.05, 0) is 93.7 Å². The van der Waals surface area contributed by atoms with Crippen LogP contribution in [0.15, 0.2) is 66.7 Å². The van der Waals surface area contributed by atoms with Crippen molar-refractivity contribution < 1.29 is 14.6 Å². The number of carbonyl (C=O) groups is 1. The Morgan fingerprint density at radius 3 is 2.10 bits per heavy atom. The maximum atomic E-state index is 13.7. The van der Waals surface area contributed by atoms with Crippen LogP contribution in [0.3, 0.4) is 0 Å². The van der Waals surface area contributed by atoms with E-state index < -0.39 is 18.1 Å². The molecule has 0 aliphatic heterocycles. The summed E-state index contributed by atoms with van der Waals surface area (Å²) in [6.45, 7) is 14.2. The number of benzene rings is 3. The number of ether oxygens (including phenoxy) is 1. The minimum Gasteiger partial charge on any atom is -0.456 e. The van der Waals surface area contributed by atoms with E-state index in [9.17, 15) is 9.90 Å². The third-order valence-corrected chi connectivity index (χ3v) is 9.24. The fourth-order valence-corrected chi connectivity index (χ4v) is 6.55. The van der Waals surface area contributed by atoms with Crippen LogP contribution in [0, 0.1) is 39.5 Å². The Morgan fingerprint density at radius 2 is 1.46 bits per heavy atom. The molecule has 3 aromatic carbocycles. The van der Waals surface area contributed by atoms with Crippen molar-refractivity contribution in [2.45, 2.75) is 105 Å². The standard InChI is InChI=1S/C37H49NO3/c1-25-21-27(3)34(28(4)22-25)24-38(23-33-20-14-13-15-26(33)2)30(6)36(32-18-11-8-12-19-32)41-37(40)29(5)35(39)31-16-9-7-10-17-31/h8,11-15,18-22,29-31,35-36,39H,7,9-10,16-17,23-24H2,1-6H3/t29-,30+,35+,36+/m1/s1. The number of aliphatic hydroxyl groups is 1. The van der Waals surface area contributed by atoms with E-state index >= 15 is 0 Å². The van der Waals surface area contributed by atoms with Crippen molar-refractivity contribution in [3.8, 4) is 0 Å². The topological polar surface area (TPSA) is 49.8 Å². The lowest BCUT2D eigenvalue weighted by atomic mass is 9.81. The monoisotopic (exact) mass is 555 g/mol. The fraction of sp³-hybridized carbons (Fsp3) is 0.486. The summed E-state index contributed by atoms with van der Waals surface area (Å²) in [5.41, 5.74) is 8.63. The van der Waals surface area contributed by atoms with Crippen molar-refractivity contribution in [2.75, 3.05) is 0 Å². The number of carbonyl (C=O) groups excluding carboxylic acids is 1. The Balaban J connectivity index is 1.66. The lowest BCUT2D eigenvalue weighted by Crippen LogP contribution is -2.41. The smallest absolute Gasteiger partial charge is 0.311 e. The zero-order chi connectivity index (χ0) is 29.5. The average molecular weight is 556 g/mol. The molecule has 0 radical (unpaired) electrons. The number of esters is 1. The molecular weight excluding hydrogens is 506 g/mol. The zero-order valence-corrected chi connectivity index (χ0v) is 25.9. The molecule has 0 aromatic heterocycles. The van der Waals surface area contributed by atoms with Crippen molar-refractivity contribution in [3.63, 3.8) is 0 Å². The van der Waals surface area contributed by atoms with E-state index in [1.165, 1.54) is 39.8 Å². The van der Waals surface area contributed by atoms with Gasteiger partial charge in [-0.1, -0.05) is 91.6 Å². The van der Waals surface area contributed by atoms with Gasteiger partial charge in [-0.2, -0.15) is 0 Å². The van der Waals surface area contributed by atoms with E-state index in [0.717, 1.165) is 44.3 Å². The highest BCUT2D eigenvalue weighted by Gasteiger charge is 2.35. The Bertz CT molecular complexity index is 1260. The molecule has 4 rings (SSSR count). The quantitative estimate of drug-likeness (QED) is 0.242. The number of aliphatic hydroxyl groups excluding tert-OH is 1. The first-order valence-corrected chi connectivity index (χ1v) is 15.4. The molecule has 1 aliphatic rings. The Morgan fingerprint density at radius 1 is 0.854 bits per heavy atom. The molecular formula is C37H49NO3. The lowest BCUT2D eigenvalue weighted by Gasteiger charge is -2.37. The van der Waals surface area contributed by atoms with Crippen molar-refractivity contribution in [2.24, 2.45) is 11.8 Å². The molecule has 4 nitrogen and oxygen atoms in total. The van der Waals surface area contributed by atoms with Crippen molar-refractivity contribution in [1.29, 1.82) is 0 Å². The van der Waals surface area contributed by atoms with E-state index in [2.05, 4.69) is 75.9 Å². The van der Waals surface area contributed by atoms with Gasteiger partial charge in [-0.25, -0.2) is 0 Å². The first-order valence-electron chi connectivity index (χ1n) is 15.4. The normalized spacial score (nSPS) is 17.2. The molecule has 1 saturated carbocycles. The average Bonchev–Trinajstić information content (AvgIpc) is 2.97. The molecule has 4 heteroatoms. The summed E-state index contributed by atoms with van der Waals surface area (Å²) in [5.74, 6) is -0.714. The van der Waals surface area contributed by atoms with Gasteiger partial charge in [0.2, 0.25) is 0 Å². The molecule has 0 bridgehead atoms. The maximum absolute atomic E-state index is 13.7. The summed E-state index contributed by atoms with van der Waals surface area (Å²) in [6.07, 6.45) is 4.28. The molecule has 1 aliphatic carbocycles. The summed E-state index contributed by atoms with van der Waals surface area (Å²) in [5, 5.41) is 11.1. The van der Waals surface area contributed by atoms with Crippen LogP contribution < -0.4 is 0 Å². The highest BCUT2D eigenvalue weighted by atomic mass is 16.5. The SMILES string of the molecule is Cc1cc(C)c(CN(Cc2ccccc2C)[C@@H](C)[C@H](OC(=O)[C@H](C)[C@H](O)C2CCCCC2)c2ccccc2)c(C)c1. The van der Waals surface area contributed by atoms with E-state index in [1.54, 1.807) is 0 Å². The van der Waals surface area contributed by atoms with Gasteiger partial charge < -0.3 is 9.84 Å². The highest BCUT2D eigenvalue weighted by molar-refractivity contribution is 5.73. The van der Waals surface area contributed by atoms with Gasteiger partial charge in [0.25, 0.3) is 0 Å². The number of rotatable bonds is 11. The number of nitrogens with zero attached hydrogens (tertiary/aromatic N) is 1. The van der Waals surface area contributed by atoms with Gasteiger partial charge in [-0.15, -0.1) is 0 Å². The van der Waals surface area contributed by atoms with Crippen LogP contribution in [0.2, 0.25) is 0 Å². The van der Waals surface area contributed by atoms with Crippen LogP contribution >= 0.6 is 0 Å². The number of hydrogen-bond donors (Lipinski definition) is 1. The molecule has 0 heterocycles. The predicted octanol–water partition coefficient (Wildman–Crippen LogP) is 8.17. The van der Waals surface area contributed by atoms with Crippen LogP contribution in [0.5, 0.6) is 0 Å². The van der Waals surface area contributed by atoms with Gasteiger partial charge in [-0.3, -0.25) is 9.69 Å². The first-order chi connectivity index (χ1) is 19.7. The Labute approximate surface area is 247 Å². The Hall–Kier alpha value is -2.95. The second-order valence-electron chi connectivity index (χ2n) is 12.4. The third kappa shape index (κ3) is 7.87. The number of aryl methyl sites for hydroxylation is 4. The molecule has 0 spiro atoms. The second kappa shape index (κ2) is 14.3. The van der Waals surface area contributed by atoms with Crippen LogP contribution in [-0.2, 0) is 22.6 Å². The minimum atomic E-state index is -0.671. The highest BCUT2D eigenvalue weighted by Crippen LogP contribution is 2.33. The lowest BCUT2D eigenvalue weighted by molar-refractivity contribution is -0.163. The molecule has 3 aromatic rings. The molecule has 220 valence electrons. The fourth-order valence-electron chi connectivity index (χ4n) is 6.55. The van der Waals surface area contributed by atoms with Crippen LogP contribution in [0.4, 0.5) is 0 Å². The van der Waals surface area contributed by atoms with Gasteiger partial charge in [0.05, 0.1) is 12.0 Å². The van der Waals surface area contributed by atoms with Crippen molar-refractivity contribution in [3.05, 3.63) is 106 Å². The van der Waals surface area contributed by atoms with Crippen LogP contribution in [0.25, 0.3) is 0 Å². The molecule has 0 saturated heterocycles. The molecule has 4 atom stereocenters. The maximum Gasteiger partial charge on any atom is 0.311 e. The van der Waals surface area contributed by atoms with E-state index in [0.29, 0.717) is 0 Å². The zero-order valence-electron chi connectivity index (χ0n) is 25.9. The van der Waals surface area contributed by atoms with Crippen molar-refractivity contribution in [1.82, 2.24) is 4.90 Å².